The molecule has 0 spiro atoms. The second-order valence-electron chi connectivity index (χ2n) is 8.01. The Bertz CT molecular complexity index is 990. The van der Waals surface area contributed by atoms with E-state index in [2.05, 4.69) is 45.4 Å². The molecule has 0 saturated carbocycles. The Morgan fingerprint density at radius 1 is 1.00 bits per heavy atom. The molecular formula is C23H26N4OS. The van der Waals surface area contributed by atoms with Crippen molar-refractivity contribution >= 4 is 33.1 Å². The number of hydrogen-bond donors (Lipinski definition) is 1. The quantitative estimate of drug-likeness (QED) is 0.704. The fourth-order valence-corrected chi connectivity index (χ4v) is 5.35. The lowest BCUT2D eigenvalue weighted by Gasteiger charge is -2.33. The van der Waals surface area contributed by atoms with Crippen LogP contribution in [0.5, 0.6) is 0 Å². The third kappa shape index (κ3) is 4.34. The molecule has 3 aromatic rings. The van der Waals surface area contributed by atoms with E-state index in [1.165, 1.54) is 33.7 Å². The van der Waals surface area contributed by atoms with E-state index in [-0.39, 0.29) is 5.91 Å². The van der Waals surface area contributed by atoms with Gasteiger partial charge in [-0.2, -0.15) is 0 Å². The molecule has 2 aromatic carbocycles. The van der Waals surface area contributed by atoms with Crippen LogP contribution < -0.4 is 5.32 Å². The largest absolute Gasteiger partial charge is 0.325 e. The molecule has 150 valence electrons. The first kappa shape index (κ1) is 18.7. The summed E-state index contributed by atoms with van der Waals surface area (Å²) < 4.78 is 1.25. The summed E-state index contributed by atoms with van der Waals surface area (Å²) in [5.74, 6) is 0.0857. The molecule has 0 bridgehead atoms. The number of aryl methyl sites for hydroxylation is 2. The summed E-state index contributed by atoms with van der Waals surface area (Å²) in [7, 11) is 0. The van der Waals surface area contributed by atoms with Gasteiger partial charge in [0.25, 0.3) is 0 Å². The van der Waals surface area contributed by atoms with Crippen molar-refractivity contribution in [1.82, 2.24) is 14.8 Å². The van der Waals surface area contributed by atoms with Crippen LogP contribution in [0.4, 0.5) is 5.69 Å². The van der Waals surface area contributed by atoms with Gasteiger partial charge in [-0.25, -0.2) is 4.98 Å². The van der Waals surface area contributed by atoms with Gasteiger partial charge in [0.2, 0.25) is 5.91 Å². The van der Waals surface area contributed by atoms with Gasteiger partial charge >= 0.3 is 0 Å². The van der Waals surface area contributed by atoms with Crippen LogP contribution >= 0.6 is 11.3 Å². The number of aromatic nitrogens is 1. The molecule has 1 amide bonds. The average Bonchev–Trinajstić information content (AvgIpc) is 3.35. The Morgan fingerprint density at radius 2 is 1.79 bits per heavy atom. The average molecular weight is 407 g/mol. The molecule has 5 nitrogen and oxygen atoms in total. The summed E-state index contributed by atoms with van der Waals surface area (Å²) in [5, 5.41) is 4.26. The predicted octanol–water partition coefficient (Wildman–Crippen LogP) is 3.54. The van der Waals surface area contributed by atoms with Crippen LogP contribution in [0.3, 0.4) is 0 Å². The number of carbonyl (C=O) groups excluding carboxylic acids is 1. The lowest BCUT2D eigenvalue weighted by molar-refractivity contribution is -0.117. The van der Waals surface area contributed by atoms with E-state index < -0.39 is 0 Å². The summed E-state index contributed by atoms with van der Waals surface area (Å²) in [4.78, 5) is 21.9. The highest BCUT2D eigenvalue weighted by molar-refractivity contribution is 7.18. The molecule has 29 heavy (non-hydrogen) atoms. The third-order valence-corrected chi connectivity index (χ3v) is 6.93. The number of fused-ring (bicyclic) bond motifs is 2. The Labute approximate surface area is 175 Å². The number of piperazine rings is 1. The number of anilines is 1. The van der Waals surface area contributed by atoms with Crippen molar-refractivity contribution in [1.29, 1.82) is 0 Å². The minimum atomic E-state index is 0.0857. The highest BCUT2D eigenvalue weighted by Gasteiger charge is 2.20. The second kappa shape index (κ2) is 8.22. The maximum absolute atomic E-state index is 12.5. The summed E-state index contributed by atoms with van der Waals surface area (Å²) in [6, 6.07) is 14.7. The number of rotatable bonds is 5. The Balaban J connectivity index is 1.10. The SMILES string of the molecule is O=C(CN1CCN(Cc2nc3ccccc3s2)CC1)Nc1ccc2c(c1)CCC2. The van der Waals surface area contributed by atoms with E-state index >= 15 is 0 Å². The monoisotopic (exact) mass is 406 g/mol. The summed E-state index contributed by atoms with van der Waals surface area (Å²) in [6.07, 6.45) is 3.54. The molecule has 2 aliphatic rings. The summed E-state index contributed by atoms with van der Waals surface area (Å²) >= 11 is 1.78. The topological polar surface area (TPSA) is 48.5 Å². The van der Waals surface area contributed by atoms with Crippen LogP contribution in [0.1, 0.15) is 22.6 Å². The molecule has 0 radical (unpaired) electrons. The zero-order chi connectivity index (χ0) is 19.6. The molecule has 1 aliphatic heterocycles. The van der Waals surface area contributed by atoms with Gasteiger partial charge in [0.05, 0.1) is 23.3 Å². The van der Waals surface area contributed by atoms with Crippen molar-refractivity contribution in [2.24, 2.45) is 0 Å². The van der Waals surface area contributed by atoms with Gasteiger partial charge < -0.3 is 5.32 Å². The van der Waals surface area contributed by atoms with Crippen LogP contribution in [0.2, 0.25) is 0 Å². The van der Waals surface area contributed by atoms with Crippen LogP contribution in [0, 0.1) is 0 Å². The van der Waals surface area contributed by atoms with E-state index in [0.29, 0.717) is 6.54 Å². The minimum absolute atomic E-state index is 0.0857. The number of amides is 1. The summed E-state index contributed by atoms with van der Waals surface area (Å²) in [5.41, 5.74) is 4.86. The number of thiazole rings is 1. The molecule has 1 aromatic heterocycles. The van der Waals surface area contributed by atoms with Crippen molar-refractivity contribution in [3.63, 3.8) is 0 Å². The fraction of sp³-hybridized carbons (Fsp3) is 0.391. The Hall–Kier alpha value is -2.28. The number of para-hydroxylation sites is 1. The van der Waals surface area contributed by atoms with E-state index in [0.717, 1.165) is 50.3 Å². The number of benzene rings is 2. The first-order valence-electron chi connectivity index (χ1n) is 10.4. The normalized spacial score (nSPS) is 17.5. The van der Waals surface area contributed by atoms with Gasteiger partial charge in [-0.3, -0.25) is 14.6 Å². The van der Waals surface area contributed by atoms with Gasteiger partial charge in [-0.1, -0.05) is 18.2 Å². The molecule has 2 heterocycles. The van der Waals surface area contributed by atoms with Crippen LogP contribution in [0.25, 0.3) is 10.2 Å². The van der Waals surface area contributed by atoms with Gasteiger partial charge in [0.15, 0.2) is 0 Å². The van der Waals surface area contributed by atoms with Crippen molar-refractivity contribution < 1.29 is 4.79 Å². The predicted molar refractivity (Wildman–Crippen MR) is 118 cm³/mol. The van der Waals surface area contributed by atoms with Crippen molar-refractivity contribution in [2.45, 2.75) is 25.8 Å². The standard InChI is InChI=1S/C23H26N4OS/c28-22(24-19-9-8-17-4-3-5-18(17)14-19)15-26-10-12-27(13-11-26)16-23-25-20-6-1-2-7-21(20)29-23/h1-2,6-9,14H,3-5,10-13,15-16H2,(H,24,28). The van der Waals surface area contributed by atoms with Crippen LogP contribution in [0.15, 0.2) is 42.5 Å². The molecular weight excluding hydrogens is 380 g/mol. The van der Waals surface area contributed by atoms with Gasteiger partial charge in [-0.15, -0.1) is 11.3 Å². The molecule has 0 unspecified atom stereocenters. The van der Waals surface area contributed by atoms with Crippen molar-refractivity contribution in [3.05, 3.63) is 58.6 Å². The lowest BCUT2D eigenvalue weighted by atomic mass is 10.1. The third-order valence-electron chi connectivity index (χ3n) is 5.91. The fourth-order valence-electron chi connectivity index (χ4n) is 4.34. The maximum atomic E-state index is 12.5. The number of nitrogens with zero attached hydrogens (tertiary/aromatic N) is 3. The first-order valence-corrected chi connectivity index (χ1v) is 11.3. The molecule has 1 N–H and O–H groups in total. The van der Waals surface area contributed by atoms with E-state index in [1.807, 2.05) is 12.1 Å². The van der Waals surface area contributed by atoms with Crippen LogP contribution in [-0.4, -0.2) is 53.4 Å². The van der Waals surface area contributed by atoms with Crippen molar-refractivity contribution in [2.75, 3.05) is 38.0 Å². The molecule has 1 aliphatic carbocycles. The zero-order valence-electron chi connectivity index (χ0n) is 16.6. The smallest absolute Gasteiger partial charge is 0.238 e. The highest BCUT2D eigenvalue weighted by atomic mass is 32.1. The minimum Gasteiger partial charge on any atom is -0.325 e. The molecule has 0 atom stereocenters. The van der Waals surface area contributed by atoms with Gasteiger partial charge in [-0.05, 0) is 54.7 Å². The highest BCUT2D eigenvalue weighted by Crippen LogP contribution is 2.25. The van der Waals surface area contributed by atoms with E-state index in [9.17, 15) is 4.79 Å². The van der Waals surface area contributed by atoms with Crippen LogP contribution in [-0.2, 0) is 24.2 Å². The van der Waals surface area contributed by atoms with Gasteiger partial charge in [0, 0.05) is 31.9 Å². The van der Waals surface area contributed by atoms with E-state index in [1.54, 1.807) is 11.3 Å². The van der Waals surface area contributed by atoms with Gasteiger partial charge in [0.1, 0.15) is 5.01 Å². The molecule has 6 heteroatoms. The summed E-state index contributed by atoms with van der Waals surface area (Å²) in [6.45, 7) is 5.15. The Morgan fingerprint density at radius 3 is 2.66 bits per heavy atom. The molecule has 1 saturated heterocycles. The number of carbonyl (C=O) groups is 1. The maximum Gasteiger partial charge on any atom is 0.238 e. The molecule has 5 rings (SSSR count). The second-order valence-corrected chi connectivity index (χ2v) is 9.13. The zero-order valence-corrected chi connectivity index (χ0v) is 17.4. The lowest BCUT2D eigenvalue weighted by Crippen LogP contribution is -2.48. The first-order chi connectivity index (χ1) is 14.2. The Kier molecular flexibility index (Phi) is 5.31. The van der Waals surface area contributed by atoms with Crippen molar-refractivity contribution in [3.8, 4) is 0 Å². The van der Waals surface area contributed by atoms with E-state index in [4.69, 9.17) is 4.98 Å². The molecule has 1 fully saturated rings. The number of nitrogens with one attached hydrogen (secondary N) is 1. The number of hydrogen-bond acceptors (Lipinski definition) is 5.